The van der Waals surface area contributed by atoms with Crippen LogP contribution in [0.25, 0.3) is 11.3 Å². The molecule has 12 heavy (non-hydrogen) atoms. The van der Waals surface area contributed by atoms with Gasteiger partial charge in [0.25, 0.3) is 0 Å². The van der Waals surface area contributed by atoms with Gasteiger partial charge in [0.05, 0.1) is 6.20 Å². The van der Waals surface area contributed by atoms with Gasteiger partial charge in [-0.05, 0) is 18.2 Å². The molecule has 1 heterocycles. The number of aromatic nitrogens is 1. The molecule has 2 rings (SSSR count). The lowest BCUT2D eigenvalue weighted by molar-refractivity contribution is 0.432. The van der Waals surface area contributed by atoms with Crippen molar-refractivity contribution in [3.8, 4) is 11.3 Å². The summed E-state index contributed by atoms with van der Waals surface area (Å²) in [6, 6.07) is 8.68. The van der Waals surface area contributed by atoms with Crippen LogP contribution in [0.3, 0.4) is 0 Å². The van der Waals surface area contributed by atoms with Gasteiger partial charge < -0.3 is 4.52 Å². The minimum atomic E-state index is -0.305. The lowest BCUT2D eigenvalue weighted by Gasteiger charge is -1.92. The van der Waals surface area contributed by atoms with E-state index in [0.717, 1.165) is 0 Å². The molecule has 1 radical (unpaired) electrons. The van der Waals surface area contributed by atoms with Gasteiger partial charge in [-0.2, -0.15) is 0 Å². The highest BCUT2D eigenvalue weighted by Crippen LogP contribution is 2.17. The molecule has 0 N–H and O–H groups in total. The predicted octanol–water partition coefficient (Wildman–Crippen LogP) is 2.28. The van der Waals surface area contributed by atoms with Crippen LogP contribution in [0.15, 0.2) is 35.0 Å². The first kappa shape index (κ1) is 7.03. The summed E-state index contributed by atoms with van der Waals surface area (Å²) in [5, 5.41) is 3.51. The Morgan fingerprint density at radius 1 is 1.42 bits per heavy atom. The highest BCUT2D eigenvalue weighted by molar-refractivity contribution is 5.55. The third kappa shape index (κ3) is 1.21. The van der Waals surface area contributed by atoms with Crippen molar-refractivity contribution in [2.24, 2.45) is 0 Å². The number of hydrogen-bond donors (Lipinski definition) is 0. The Hall–Kier alpha value is -1.64. The quantitative estimate of drug-likeness (QED) is 0.642. The molecule has 2 aromatic rings. The molecule has 0 fully saturated rings. The van der Waals surface area contributed by atoms with Crippen molar-refractivity contribution in [3.05, 3.63) is 42.3 Å². The molecule has 0 aliphatic rings. The maximum atomic E-state index is 12.7. The van der Waals surface area contributed by atoms with Crippen LogP contribution in [-0.2, 0) is 0 Å². The lowest BCUT2D eigenvalue weighted by atomic mass is 10.2. The molecular weight excluding hydrogens is 157 g/mol. The number of rotatable bonds is 1. The average molecular weight is 162 g/mol. The smallest absolute Gasteiger partial charge is 0.167 e. The fraction of sp³-hybridized carbons (Fsp3) is 0. The fourth-order valence-corrected chi connectivity index (χ4v) is 0.936. The summed E-state index contributed by atoms with van der Waals surface area (Å²) in [7, 11) is 0. The molecule has 0 saturated carbocycles. The Kier molecular flexibility index (Phi) is 1.63. The first-order chi connectivity index (χ1) is 5.86. The second kappa shape index (κ2) is 2.77. The lowest BCUT2D eigenvalue weighted by Crippen LogP contribution is -1.76. The topological polar surface area (TPSA) is 26.0 Å². The molecule has 0 atom stereocenters. The van der Waals surface area contributed by atoms with E-state index >= 15 is 0 Å². The molecular formula is C9H5FNO. The van der Waals surface area contributed by atoms with E-state index in [1.165, 1.54) is 24.4 Å². The minimum Gasteiger partial charge on any atom is -0.356 e. The van der Waals surface area contributed by atoms with Gasteiger partial charge in [-0.3, -0.25) is 0 Å². The highest BCUT2D eigenvalue weighted by atomic mass is 19.1. The summed E-state index contributed by atoms with van der Waals surface area (Å²) < 4.78 is 17.5. The monoisotopic (exact) mass is 162 g/mol. The van der Waals surface area contributed by atoms with Gasteiger partial charge in [0.1, 0.15) is 5.82 Å². The third-order valence-electron chi connectivity index (χ3n) is 1.47. The molecule has 0 aliphatic heterocycles. The second-order valence-electron chi connectivity index (χ2n) is 2.30. The zero-order valence-electron chi connectivity index (χ0n) is 6.12. The molecule has 0 aliphatic carbocycles. The number of nitrogens with zero attached hydrogens (tertiary/aromatic N) is 1. The van der Waals surface area contributed by atoms with E-state index in [0.29, 0.717) is 11.3 Å². The molecule has 2 nitrogen and oxygen atoms in total. The van der Waals surface area contributed by atoms with E-state index in [-0.39, 0.29) is 5.82 Å². The summed E-state index contributed by atoms with van der Waals surface area (Å²) in [6.07, 6.45) is 1.51. The molecule has 0 saturated heterocycles. The Balaban J connectivity index is 2.48. The second-order valence-corrected chi connectivity index (χ2v) is 2.30. The summed E-state index contributed by atoms with van der Waals surface area (Å²) in [6.45, 7) is 0. The number of halogens is 1. The SMILES string of the molecule is Fc1cc[c]c(-c2ccno2)c1. The molecule has 59 valence electrons. The van der Waals surface area contributed by atoms with Crippen molar-refractivity contribution >= 4 is 0 Å². The Morgan fingerprint density at radius 3 is 3.00 bits per heavy atom. The van der Waals surface area contributed by atoms with E-state index in [1.54, 1.807) is 6.07 Å². The predicted molar refractivity (Wildman–Crippen MR) is 40.7 cm³/mol. The highest BCUT2D eigenvalue weighted by Gasteiger charge is 2.01. The van der Waals surface area contributed by atoms with Crippen molar-refractivity contribution in [1.82, 2.24) is 5.16 Å². The van der Waals surface area contributed by atoms with Crippen LogP contribution in [0.4, 0.5) is 4.39 Å². The van der Waals surface area contributed by atoms with Gasteiger partial charge >= 0.3 is 0 Å². The molecule has 3 heteroatoms. The molecule has 1 aromatic carbocycles. The van der Waals surface area contributed by atoms with Crippen LogP contribution < -0.4 is 0 Å². The van der Waals surface area contributed by atoms with E-state index < -0.39 is 0 Å². The van der Waals surface area contributed by atoms with Crippen LogP contribution in [0.2, 0.25) is 0 Å². The molecule has 0 unspecified atom stereocenters. The summed E-state index contributed by atoms with van der Waals surface area (Å²) in [5.41, 5.74) is 0.576. The maximum Gasteiger partial charge on any atom is 0.167 e. The Bertz CT molecular complexity index is 370. The zero-order chi connectivity index (χ0) is 8.39. The van der Waals surface area contributed by atoms with E-state index in [1.807, 2.05) is 0 Å². The van der Waals surface area contributed by atoms with Crippen LogP contribution >= 0.6 is 0 Å². The van der Waals surface area contributed by atoms with Gasteiger partial charge in [-0.1, -0.05) is 11.2 Å². The number of hydrogen-bond acceptors (Lipinski definition) is 2. The first-order valence-electron chi connectivity index (χ1n) is 3.44. The van der Waals surface area contributed by atoms with Crippen LogP contribution in [0.1, 0.15) is 0 Å². The fourth-order valence-electron chi connectivity index (χ4n) is 0.936. The van der Waals surface area contributed by atoms with Gasteiger partial charge in [-0.15, -0.1) is 0 Å². The van der Waals surface area contributed by atoms with E-state index in [4.69, 9.17) is 4.52 Å². The van der Waals surface area contributed by atoms with E-state index in [9.17, 15) is 4.39 Å². The Labute approximate surface area is 68.6 Å². The zero-order valence-corrected chi connectivity index (χ0v) is 6.12. The van der Waals surface area contributed by atoms with Crippen LogP contribution in [-0.4, -0.2) is 5.16 Å². The first-order valence-corrected chi connectivity index (χ1v) is 3.44. The Morgan fingerprint density at radius 2 is 2.33 bits per heavy atom. The van der Waals surface area contributed by atoms with Gasteiger partial charge in [0.2, 0.25) is 0 Å². The van der Waals surface area contributed by atoms with Crippen LogP contribution in [0.5, 0.6) is 0 Å². The maximum absolute atomic E-state index is 12.7. The standard InChI is InChI=1S/C9H5FNO/c10-8-3-1-2-7(6-8)9-4-5-11-12-9/h1,3-6H. The van der Waals surface area contributed by atoms with Crippen molar-refractivity contribution in [1.29, 1.82) is 0 Å². The molecule has 0 spiro atoms. The van der Waals surface area contributed by atoms with Crippen molar-refractivity contribution in [2.45, 2.75) is 0 Å². The minimum absolute atomic E-state index is 0.305. The summed E-state index contributed by atoms with van der Waals surface area (Å²) >= 11 is 0. The van der Waals surface area contributed by atoms with Crippen molar-refractivity contribution < 1.29 is 8.91 Å². The number of benzene rings is 1. The molecule has 0 bridgehead atoms. The normalized spacial score (nSPS) is 10.1. The van der Waals surface area contributed by atoms with Crippen LogP contribution in [0, 0.1) is 11.9 Å². The molecule has 1 aromatic heterocycles. The largest absolute Gasteiger partial charge is 0.356 e. The van der Waals surface area contributed by atoms with Crippen molar-refractivity contribution in [3.63, 3.8) is 0 Å². The summed E-state index contributed by atoms with van der Waals surface area (Å²) in [5.74, 6) is 0.217. The van der Waals surface area contributed by atoms with Gasteiger partial charge in [0, 0.05) is 11.6 Å². The third-order valence-corrected chi connectivity index (χ3v) is 1.47. The van der Waals surface area contributed by atoms with E-state index in [2.05, 4.69) is 11.2 Å². The average Bonchev–Trinajstić information content (AvgIpc) is 2.56. The van der Waals surface area contributed by atoms with Gasteiger partial charge in [0.15, 0.2) is 5.76 Å². The summed E-state index contributed by atoms with van der Waals surface area (Å²) in [4.78, 5) is 0. The van der Waals surface area contributed by atoms with Crippen molar-refractivity contribution in [2.75, 3.05) is 0 Å². The molecule has 0 amide bonds. The van der Waals surface area contributed by atoms with Gasteiger partial charge in [-0.25, -0.2) is 4.39 Å².